The van der Waals surface area contributed by atoms with E-state index < -0.39 is 0 Å². The lowest BCUT2D eigenvalue weighted by Crippen LogP contribution is -2.27. The molecule has 1 aromatic heterocycles. The van der Waals surface area contributed by atoms with E-state index in [4.69, 9.17) is 4.74 Å². The molecule has 4 heteroatoms. The Kier molecular flexibility index (Phi) is 5.51. The number of aromatic nitrogens is 1. The lowest BCUT2D eigenvalue weighted by atomic mass is 10.1. The fourth-order valence-corrected chi connectivity index (χ4v) is 3.03. The van der Waals surface area contributed by atoms with Crippen molar-refractivity contribution >= 4 is 16.8 Å². The predicted molar refractivity (Wildman–Crippen MR) is 100 cm³/mol. The van der Waals surface area contributed by atoms with Gasteiger partial charge in [0.1, 0.15) is 6.54 Å². The molecule has 0 aliphatic carbocycles. The number of carbonyl (C=O) groups is 1. The molecule has 130 valence electrons. The Morgan fingerprint density at radius 1 is 1.08 bits per heavy atom. The average Bonchev–Trinajstić information content (AvgIpc) is 2.94. The van der Waals surface area contributed by atoms with Crippen LogP contribution < -0.4 is 5.32 Å². The summed E-state index contributed by atoms with van der Waals surface area (Å²) >= 11 is 0. The molecule has 0 fully saturated rings. The van der Waals surface area contributed by atoms with E-state index in [-0.39, 0.29) is 5.91 Å². The highest BCUT2D eigenvalue weighted by molar-refractivity contribution is 5.84. The Balaban J connectivity index is 1.66. The number of fused-ring (bicyclic) bond motifs is 1. The number of ether oxygens (including phenoxy) is 1. The van der Waals surface area contributed by atoms with Crippen molar-refractivity contribution in [2.75, 3.05) is 6.61 Å². The van der Waals surface area contributed by atoms with Crippen LogP contribution in [-0.4, -0.2) is 17.1 Å². The van der Waals surface area contributed by atoms with Gasteiger partial charge in [-0.15, -0.1) is 0 Å². The van der Waals surface area contributed by atoms with E-state index in [1.54, 1.807) is 0 Å². The van der Waals surface area contributed by atoms with E-state index in [9.17, 15) is 4.79 Å². The quantitative estimate of drug-likeness (QED) is 0.713. The van der Waals surface area contributed by atoms with Gasteiger partial charge in [0.05, 0.1) is 6.61 Å². The normalized spacial score (nSPS) is 11.0. The molecule has 0 saturated heterocycles. The maximum Gasteiger partial charge on any atom is 0.240 e. The molecular weight excluding hydrogens is 312 g/mol. The summed E-state index contributed by atoms with van der Waals surface area (Å²) in [5, 5.41) is 4.19. The number of amides is 1. The second-order valence-electron chi connectivity index (χ2n) is 6.11. The molecule has 0 bridgehead atoms. The topological polar surface area (TPSA) is 43.3 Å². The largest absolute Gasteiger partial charge is 0.377 e. The molecule has 0 aliphatic rings. The molecule has 3 aromatic rings. The van der Waals surface area contributed by atoms with Crippen molar-refractivity contribution in [3.63, 3.8) is 0 Å². The van der Waals surface area contributed by atoms with Crippen molar-refractivity contribution in [1.82, 2.24) is 9.88 Å². The molecule has 0 saturated carbocycles. The van der Waals surface area contributed by atoms with Crippen LogP contribution >= 0.6 is 0 Å². The summed E-state index contributed by atoms with van der Waals surface area (Å²) in [7, 11) is 0. The summed E-state index contributed by atoms with van der Waals surface area (Å²) in [6.45, 7) is 6.11. The van der Waals surface area contributed by atoms with E-state index in [1.807, 2.05) is 56.3 Å². The van der Waals surface area contributed by atoms with Crippen LogP contribution in [0.3, 0.4) is 0 Å². The third kappa shape index (κ3) is 4.09. The zero-order valence-electron chi connectivity index (χ0n) is 14.8. The number of nitrogens with one attached hydrogen (secondary N) is 1. The van der Waals surface area contributed by atoms with Crippen LogP contribution in [0.15, 0.2) is 54.6 Å². The van der Waals surface area contributed by atoms with Gasteiger partial charge in [0.15, 0.2) is 0 Å². The van der Waals surface area contributed by atoms with Crippen LogP contribution in [0.2, 0.25) is 0 Å². The maximum absolute atomic E-state index is 12.4. The summed E-state index contributed by atoms with van der Waals surface area (Å²) in [6, 6.07) is 18.3. The molecule has 0 atom stereocenters. The maximum atomic E-state index is 12.4. The van der Waals surface area contributed by atoms with Crippen molar-refractivity contribution in [2.45, 2.75) is 33.5 Å². The molecule has 1 N–H and O–H groups in total. The number of nitrogens with zero attached hydrogens (tertiary/aromatic N) is 1. The molecule has 1 heterocycles. The van der Waals surface area contributed by atoms with Crippen LogP contribution in [0, 0.1) is 6.92 Å². The van der Waals surface area contributed by atoms with Crippen LogP contribution in [0.4, 0.5) is 0 Å². The van der Waals surface area contributed by atoms with Crippen molar-refractivity contribution in [3.05, 3.63) is 71.4 Å². The smallest absolute Gasteiger partial charge is 0.240 e. The van der Waals surface area contributed by atoms with Gasteiger partial charge in [0.2, 0.25) is 5.91 Å². The number of rotatable bonds is 7. The molecule has 3 rings (SSSR count). The molecule has 25 heavy (non-hydrogen) atoms. The fourth-order valence-electron chi connectivity index (χ4n) is 3.03. The van der Waals surface area contributed by atoms with Gasteiger partial charge in [0.25, 0.3) is 0 Å². The van der Waals surface area contributed by atoms with Crippen LogP contribution in [0.1, 0.15) is 23.7 Å². The van der Waals surface area contributed by atoms with Crippen LogP contribution in [-0.2, 0) is 29.2 Å². The zero-order chi connectivity index (χ0) is 17.6. The molecule has 0 spiro atoms. The van der Waals surface area contributed by atoms with Crippen molar-refractivity contribution in [1.29, 1.82) is 0 Å². The predicted octanol–water partition coefficient (Wildman–Crippen LogP) is 3.80. The summed E-state index contributed by atoms with van der Waals surface area (Å²) in [5.41, 5.74) is 4.39. The lowest BCUT2D eigenvalue weighted by Gasteiger charge is -2.12. The first-order valence-electron chi connectivity index (χ1n) is 8.65. The van der Waals surface area contributed by atoms with Gasteiger partial charge >= 0.3 is 0 Å². The average molecular weight is 336 g/mol. The van der Waals surface area contributed by atoms with Crippen molar-refractivity contribution in [2.24, 2.45) is 0 Å². The van der Waals surface area contributed by atoms with Gasteiger partial charge in [-0.25, -0.2) is 0 Å². The summed E-state index contributed by atoms with van der Waals surface area (Å²) in [5.74, 6) is 0.00988. The van der Waals surface area contributed by atoms with Crippen LogP contribution in [0.25, 0.3) is 10.9 Å². The molecule has 0 unspecified atom stereocenters. The lowest BCUT2D eigenvalue weighted by molar-refractivity contribution is -0.121. The third-order valence-corrected chi connectivity index (χ3v) is 4.38. The van der Waals surface area contributed by atoms with Gasteiger partial charge in [-0.2, -0.15) is 0 Å². The molecule has 2 aromatic carbocycles. The second kappa shape index (κ2) is 7.99. The number of para-hydroxylation sites is 1. The van der Waals surface area contributed by atoms with Gasteiger partial charge in [-0.3, -0.25) is 4.79 Å². The highest BCUT2D eigenvalue weighted by Gasteiger charge is 2.10. The molecule has 0 aliphatic heterocycles. The number of hydrogen-bond donors (Lipinski definition) is 1. The van der Waals surface area contributed by atoms with E-state index in [1.165, 1.54) is 0 Å². The minimum Gasteiger partial charge on any atom is -0.377 e. The molecule has 0 radical (unpaired) electrons. The first-order chi connectivity index (χ1) is 12.2. The Bertz CT molecular complexity index is 867. The van der Waals surface area contributed by atoms with E-state index in [2.05, 4.69) is 22.0 Å². The highest BCUT2D eigenvalue weighted by atomic mass is 16.5. The van der Waals surface area contributed by atoms with Gasteiger partial charge < -0.3 is 14.6 Å². The summed E-state index contributed by atoms with van der Waals surface area (Å²) < 4.78 is 7.55. The number of carbonyl (C=O) groups excluding carboxylic acids is 1. The van der Waals surface area contributed by atoms with E-state index in [0.717, 1.165) is 27.7 Å². The second-order valence-corrected chi connectivity index (χ2v) is 6.11. The summed E-state index contributed by atoms with van der Waals surface area (Å²) in [4.78, 5) is 12.4. The molecule has 4 nitrogen and oxygen atoms in total. The highest BCUT2D eigenvalue weighted by Crippen LogP contribution is 2.19. The zero-order valence-corrected chi connectivity index (χ0v) is 14.8. The monoisotopic (exact) mass is 336 g/mol. The van der Waals surface area contributed by atoms with E-state index >= 15 is 0 Å². The van der Waals surface area contributed by atoms with Gasteiger partial charge in [0, 0.05) is 24.4 Å². The Morgan fingerprint density at radius 2 is 1.80 bits per heavy atom. The van der Waals surface area contributed by atoms with Gasteiger partial charge in [-0.1, -0.05) is 42.5 Å². The van der Waals surface area contributed by atoms with Crippen molar-refractivity contribution < 1.29 is 9.53 Å². The number of benzene rings is 2. The van der Waals surface area contributed by atoms with E-state index in [0.29, 0.717) is 26.3 Å². The Labute approximate surface area is 148 Å². The first kappa shape index (κ1) is 17.2. The van der Waals surface area contributed by atoms with Gasteiger partial charge in [-0.05, 0) is 42.5 Å². The van der Waals surface area contributed by atoms with Crippen molar-refractivity contribution in [3.8, 4) is 0 Å². The molecular formula is C21H24N2O2. The minimum absolute atomic E-state index is 0.00988. The third-order valence-electron chi connectivity index (χ3n) is 4.38. The SMILES string of the molecule is CCOCc1ccccc1CNC(=O)Cn1c(C)cc2ccccc21. The van der Waals surface area contributed by atoms with Crippen LogP contribution in [0.5, 0.6) is 0 Å². The fraction of sp³-hybridized carbons (Fsp3) is 0.286. The first-order valence-corrected chi connectivity index (χ1v) is 8.65. The number of hydrogen-bond acceptors (Lipinski definition) is 2. The molecule has 1 amide bonds. The Hall–Kier alpha value is -2.59. The summed E-state index contributed by atoms with van der Waals surface area (Å²) in [6.07, 6.45) is 0. The Morgan fingerprint density at radius 3 is 2.60 bits per heavy atom. The number of aryl methyl sites for hydroxylation is 1. The minimum atomic E-state index is 0.00988. The standard InChI is InChI=1S/C21H24N2O2/c1-3-25-15-19-10-5-4-9-18(19)13-22-21(24)14-23-16(2)12-17-8-6-7-11-20(17)23/h4-12H,3,13-15H2,1-2H3,(H,22,24).